The van der Waals surface area contributed by atoms with Crippen molar-refractivity contribution in [1.82, 2.24) is 4.98 Å². The van der Waals surface area contributed by atoms with Gasteiger partial charge in [0.25, 0.3) is 0 Å². The van der Waals surface area contributed by atoms with E-state index >= 15 is 0 Å². The Bertz CT molecular complexity index is 635. The van der Waals surface area contributed by atoms with Gasteiger partial charge in [-0.15, -0.1) is 0 Å². The molecule has 2 aromatic rings. The second-order valence-electron chi connectivity index (χ2n) is 4.30. The van der Waals surface area contributed by atoms with Gasteiger partial charge >= 0.3 is 5.97 Å². The molecule has 98 valence electrons. The summed E-state index contributed by atoms with van der Waals surface area (Å²) in [5.74, 6) is -0.425. The molecule has 0 saturated carbocycles. The molecule has 0 atom stereocenters. The standard InChI is InChI=1S/C15H15NO3/c1-9-6-7-11(10(2)13(9)15(17)18)12-5-4-8-16-14(12)19-3/h4-8H,1-3H3,(H,17,18). The second-order valence-corrected chi connectivity index (χ2v) is 4.30. The Morgan fingerprint density at radius 3 is 2.58 bits per heavy atom. The number of carboxylic acids is 1. The van der Waals surface area contributed by atoms with Gasteiger partial charge in [0.05, 0.1) is 12.7 Å². The van der Waals surface area contributed by atoms with Gasteiger partial charge in [-0.2, -0.15) is 0 Å². The smallest absolute Gasteiger partial charge is 0.336 e. The van der Waals surface area contributed by atoms with E-state index in [2.05, 4.69) is 4.98 Å². The molecule has 2 rings (SSSR count). The minimum Gasteiger partial charge on any atom is -0.481 e. The number of aryl methyl sites for hydroxylation is 1. The lowest BCUT2D eigenvalue weighted by Crippen LogP contribution is -2.04. The zero-order chi connectivity index (χ0) is 14.0. The summed E-state index contributed by atoms with van der Waals surface area (Å²) in [6.45, 7) is 3.60. The summed E-state index contributed by atoms with van der Waals surface area (Å²) in [5, 5.41) is 9.30. The summed E-state index contributed by atoms with van der Waals surface area (Å²) in [6, 6.07) is 7.38. The molecule has 0 unspecified atom stereocenters. The van der Waals surface area contributed by atoms with Crippen molar-refractivity contribution in [3.05, 3.63) is 47.2 Å². The van der Waals surface area contributed by atoms with Gasteiger partial charge in [0.15, 0.2) is 0 Å². The SMILES string of the molecule is COc1ncccc1-c1ccc(C)c(C(=O)O)c1C. The van der Waals surface area contributed by atoms with Crippen LogP contribution in [0.15, 0.2) is 30.5 Å². The molecule has 0 fully saturated rings. The summed E-state index contributed by atoms with van der Waals surface area (Å²) in [4.78, 5) is 15.5. The highest BCUT2D eigenvalue weighted by molar-refractivity contribution is 5.94. The molecule has 19 heavy (non-hydrogen) atoms. The van der Waals surface area contributed by atoms with Gasteiger partial charge in [-0.1, -0.05) is 12.1 Å². The summed E-state index contributed by atoms with van der Waals surface area (Å²) in [6.07, 6.45) is 1.64. The topological polar surface area (TPSA) is 59.4 Å². The lowest BCUT2D eigenvalue weighted by atomic mass is 9.94. The minimum absolute atomic E-state index is 0.336. The number of benzene rings is 1. The highest BCUT2D eigenvalue weighted by Gasteiger charge is 2.17. The first-order chi connectivity index (χ1) is 9.06. The molecular weight excluding hydrogens is 242 g/mol. The Morgan fingerprint density at radius 2 is 1.95 bits per heavy atom. The maximum absolute atomic E-state index is 11.3. The Balaban J connectivity index is 2.70. The predicted molar refractivity (Wildman–Crippen MR) is 72.7 cm³/mol. The first kappa shape index (κ1) is 13.1. The van der Waals surface area contributed by atoms with Crippen molar-refractivity contribution < 1.29 is 14.6 Å². The van der Waals surface area contributed by atoms with E-state index in [4.69, 9.17) is 4.74 Å². The quantitative estimate of drug-likeness (QED) is 0.918. The van der Waals surface area contributed by atoms with Crippen LogP contribution in [0, 0.1) is 13.8 Å². The number of rotatable bonds is 3. The lowest BCUT2D eigenvalue weighted by Gasteiger charge is -2.13. The van der Waals surface area contributed by atoms with Crippen LogP contribution in [0.4, 0.5) is 0 Å². The molecule has 0 aliphatic carbocycles. The molecule has 1 aromatic carbocycles. The van der Waals surface area contributed by atoms with Gasteiger partial charge in [0, 0.05) is 11.8 Å². The zero-order valence-electron chi connectivity index (χ0n) is 11.1. The number of ether oxygens (including phenoxy) is 1. The molecule has 1 heterocycles. The number of aromatic nitrogens is 1. The first-order valence-corrected chi connectivity index (χ1v) is 5.89. The molecule has 1 N–H and O–H groups in total. The largest absolute Gasteiger partial charge is 0.481 e. The normalized spacial score (nSPS) is 10.3. The summed E-state index contributed by atoms with van der Waals surface area (Å²) in [5.41, 5.74) is 3.43. The van der Waals surface area contributed by atoms with Crippen LogP contribution in [0.5, 0.6) is 5.88 Å². The van der Waals surface area contributed by atoms with Gasteiger partial charge in [0.2, 0.25) is 5.88 Å². The van der Waals surface area contributed by atoms with Crippen molar-refractivity contribution in [3.8, 4) is 17.0 Å². The van der Waals surface area contributed by atoms with E-state index in [9.17, 15) is 9.90 Å². The fraction of sp³-hybridized carbons (Fsp3) is 0.200. The second kappa shape index (κ2) is 5.10. The average molecular weight is 257 g/mol. The zero-order valence-corrected chi connectivity index (χ0v) is 11.1. The summed E-state index contributed by atoms with van der Waals surface area (Å²) < 4.78 is 5.23. The van der Waals surface area contributed by atoms with Gasteiger partial charge in [-0.25, -0.2) is 9.78 Å². The molecule has 4 heteroatoms. The lowest BCUT2D eigenvalue weighted by molar-refractivity contribution is 0.0695. The maximum atomic E-state index is 11.3. The number of pyridine rings is 1. The van der Waals surface area contributed by atoms with Crippen LogP contribution in [-0.2, 0) is 0 Å². The van der Waals surface area contributed by atoms with Gasteiger partial charge in [-0.3, -0.25) is 0 Å². The third kappa shape index (κ3) is 2.29. The van der Waals surface area contributed by atoms with E-state index in [-0.39, 0.29) is 0 Å². The van der Waals surface area contributed by atoms with Gasteiger partial charge in [0.1, 0.15) is 0 Å². The number of aromatic carboxylic acids is 1. The Labute approximate surface area is 111 Å². The first-order valence-electron chi connectivity index (χ1n) is 5.89. The van der Waals surface area contributed by atoms with Crippen LogP contribution in [0.25, 0.3) is 11.1 Å². The minimum atomic E-state index is -0.917. The highest BCUT2D eigenvalue weighted by Crippen LogP contribution is 2.32. The highest BCUT2D eigenvalue weighted by atomic mass is 16.5. The van der Waals surface area contributed by atoms with Crippen molar-refractivity contribution in [3.63, 3.8) is 0 Å². The third-order valence-electron chi connectivity index (χ3n) is 3.14. The fourth-order valence-corrected chi connectivity index (χ4v) is 2.23. The van der Waals surface area contributed by atoms with Crippen molar-refractivity contribution in [1.29, 1.82) is 0 Å². The van der Waals surface area contributed by atoms with Crippen LogP contribution >= 0.6 is 0 Å². The molecule has 0 spiro atoms. The van der Waals surface area contributed by atoms with Crippen LogP contribution in [0.2, 0.25) is 0 Å². The van der Waals surface area contributed by atoms with Crippen molar-refractivity contribution in [2.24, 2.45) is 0 Å². The molecule has 0 aliphatic heterocycles. The molecule has 0 aliphatic rings. The predicted octanol–water partition coefficient (Wildman–Crippen LogP) is 3.07. The van der Waals surface area contributed by atoms with Crippen LogP contribution < -0.4 is 4.74 Å². The molecule has 4 nitrogen and oxygen atoms in total. The van der Waals surface area contributed by atoms with Crippen LogP contribution in [0.1, 0.15) is 21.5 Å². The van der Waals surface area contributed by atoms with Crippen LogP contribution in [0.3, 0.4) is 0 Å². The maximum Gasteiger partial charge on any atom is 0.336 e. The number of carboxylic acid groups (broad SMARTS) is 1. The van der Waals surface area contributed by atoms with E-state index in [1.54, 1.807) is 39.3 Å². The Hall–Kier alpha value is -2.36. The van der Waals surface area contributed by atoms with E-state index in [0.29, 0.717) is 11.4 Å². The molecule has 0 bridgehead atoms. The van der Waals surface area contributed by atoms with E-state index in [0.717, 1.165) is 22.3 Å². The van der Waals surface area contributed by atoms with E-state index in [1.807, 2.05) is 12.1 Å². The summed E-state index contributed by atoms with van der Waals surface area (Å²) in [7, 11) is 1.55. The monoisotopic (exact) mass is 257 g/mol. The molecule has 0 saturated heterocycles. The molecule has 0 radical (unpaired) electrons. The number of hydrogen-bond acceptors (Lipinski definition) is 3. The molecule has 1 aromatic heterocycles. The summed E-state index contributed by atoms with van der Waals surface area (Å²) >= 11 is 0. The third-order valence-corrected chi connectivity index (χ3v) is 3.14. The Kier molecular flexibility index (Phi) is 3.51. The van der Waals surface area contributed by atoms with Gasteiger partial charge in [-0.05, 0) is 42.7 Å². The van der Waals surface area contributed by atoms with Gasteiger partial charge < -0.3 is 9.84 Å². The van der Waals surface area contributed by atoms with Crippen molar-refractivity contribution in [2.45, 2.75) is 13.8 Å². The number of methoxy groups -OCH3 is 1. The number of hydrogen-bond donors (Lipinski definition) is 1. The number of carbonyl (C=O) groups is 1. The fourth-order valence-electron chi connectivity index (χ4n) is 2.23. The van der Waals surface area contributed by atoms with Crippen molar-refractivity contribution in [2.75, 3.05) is 7.11 Å². The van der Waals surface area contributed by atoms with Crippen molar-refractivity contribution >= 4 is 5.97 Å². The molecule has 0 amide bonds. The number of nitrogens with zero attached hydrogens (tertiary/aromatic N) is 1. The van der Waals surface area contributed by atoms with E-state index in [1.165, 1.54) is 0 Å². The Morgan fingerprint density at radius 1 is 1.21 bits per heavy atom. The molecular formula is C15H15NO3. The van der Waals surface area contributed by atoms with E-state index < -0.39 is 5.97 Å². The van der Waals surface area contributed by atoms with Crippen LogP contribution in [-0.4, -0.2) is 23.2 Å². The average Bonchev–Trinajstić information content (AvgIpc) is 2.38.